The number of hydrogen-bond acceptors (Lipinski definition) is 3. The molecular formula is C12H10Cl2N2OPd. The van der Waals surface area contributed by atoms with Crippen LogP contribution in [-0.4, -0.2) is 24.0 Å². The summed E-state index contributed by atoms with van der Waals surface area (Å²) < 4.78 is 5.38. The third-order valence-corrected chi connectivity index (χ3v) is 2.40. The number of ether oxygens (including phenoxy) is 1. The molecule has 3 rings (SSSR count). The molecule has 0 unspecified atom stereocenters. The molecule has 1 aliphatic rings. The molecular weight excluding hydrogens is 365 g/mol. The predicted molar refractivity (Wildman–Crippen MR) is 59.1 cm³/mol. The van der Waals surface area contributed by atoms with E-state index in [0.29, 0.717) is 12.5 Å². The first-order valence-corrected chi connectivity index (χ1v) is 4.97. The van der Waals surface area contributed by atoms with Crippen LogP contribution in [0.2, 0.25) is 0 Å². The van der Waals surface area contributed by atoms with Crippen molar-refractivity contribution < 1.29 is 50.0 Å². The maximum Gasteiger partial charge on any atom is 2.00 e. The maximum absolute atomic E-state index is 5.38. The van der Waals surface area contributed by atoms with Gasteiger partial charge in [-0.2, -0.15) is 0 Å². The summed E-state index contributed by atoms with van der Waals surface area (Å²) in [6.07, 6.45) is 0. The zero-order valence-electron chi connectivity index (χ0n) is 9.25. The van der Waals surface area contributed by atoms with Gasteiger partial charge < -0.3 is 29.6 Å². The number of nitrogens with zero attached hydrogens (tertiary/aromatic N) is 2. The average Bonchev–Trinajstić information content (AvgIpc) is 2.82. The van der Waals surface area contributed by atoms with E-state index in [0.717, 1.165) is 23.1 Å². The number of aliphatic imine (C=N–C) groups is 1. The van der Waals surface area contributed by atoms with E-state index in [1.165, 1.54) is 0 Å². The molecule has 2 heterocycles. The Morgan fingerprint density at radius 3 is 2.50 bits per heavy atom. The maximum atomic E-state index is 5.38. The number of halogens is 2. The van der Waals surface area contributed by atoms with Gasteiger partial charge in [0.25, 0.3) is 0 Å². The minimum absolute atomic E-state index is 0. The number of para-hydroxylation sites is 1. The molecule has 0 saturated heterocycles. The van der Waals surface area contributed by atoms with Crippen molar-refractivity contribution in [1.29, 1.82) is 0 Å². The van der Waals surface area contributed by atoms with Gasteiger partial charge >= 0.3 is 20.4 Å². The molecule has 18 heavy (non-hydrogen) atoms. The van der Waals surface area contributed by atoms with E-state index in [-0.39, 0.29) is 45.2 Å². The van der Waals surface area contributed by atoms with Crippen LogP contribution in [-0.2, 0) is 25.2 Å². The second-order valence-corrected chi connectivity index (χ2v) is 3.42. The van der Waals surface area contributed by atoms with Crippen LogP contribution in [0.15, 0.2) is 41.4 Å². The summed E-state index contributed by atoms with van der Waals surface area (Å²) in [5, 5.41) is 1.14. The van der Waals surface area contributed by atoms with E-state index >= 15 is 0 Å². The second kappa shape index (κ2) is 7.71. The van der Waals surface area contributed by atoms with Crippen LogP contribution in [0.4, 0.5) is 0 Å². The number of aromatic nitrogens is 1. The summed E-state index contributed by atoms with van der Waals surface area (Å²) in [5.41, 5.74) is 1.81. The summed E-state index contributed by atoms with van der Waals surface area (Å²) in [4.78, 5) is 8.75. The Kier molecular flexibility index (Phi) is 7.42. The predicted octanol–water partition coefficient (Wildman–Crippen LogP) is -3.98. The molecule has 6 heteroatoms. The topological polar surface area (TPSA) is 34.5 Å². The van der Waals surface area contributed by atoms with Crippen LogP contribution >= 0.6 is 0 Å². The summed E-state index contributed by atoms with van der Waals surface area (Å²) >= 11 is 0. The SMILES string of the molecule is [Cl-].[Cl-].[Pd+2].c1ccc2nc(C3=NCCO3)ccc2c1. The van der Waals surface area contributed by atoms with Crippen molar-refractivity contribution in [2.75, 3.05) is 13.2 Å². The molecule has 0 atom stereocenters. The average molecular weight is 376 g/mol. The number of fused-ring (bicyclic) bond motifs is 1. The molecule has 0 N–H and O–H groups in total. The second-order valence-electron chi connectivity index (χ2n) is 3.42. The largest absolute Gasteiger partial charge is 2.00 e. The van der Waals surface area contributed by atoms with Crippen LogP contribution in [0, 0.1) is 0 Å². The van der Waals surface area contributed by atoms with Gasteiger partial charge in [-0.25, -0.2) is 9.98 Å². The molecule has 0 amide bonds. The van der Waals surface area contributed by atoms with Crippen molar-refractivity contribution in [1.82, 2.24) is 4.98 Å². The van der Waals surface area contributed by atoms with Gasteiger partial charge in [0.1, 0.15) is 12.3 Å². The van der Waals surface area contributed by atoms with Gasteiger partial charge in [-0.15, -0.1) is 0 Å². The molecule has 3 nitrogen and oxygen atoms in total. The standard InChI is InChI=1S/C12H10N2O.2ClH.Pd/c1-2-4-10-9(3-1)5-6-11(14-10)12-13-7-8-15-12;;;/h1-6H,7-8H2;2*1H;/q;;;+2/p-2. The van der Waals surface area contributed by atoms with Crippen molar-refractivity contribution in [3.63, 3.8) is 0 Å². The zero-order valence-corrected chi connectivity index (χ0v) is 12.3. The fourth-order valence-electron chi connectivity index (χ4n) is 1.68. The molecule has 0 radical (unpaired) electrons. The molecule has 0 fully saturated rings. The molecule has 1 aliphatic heterocycles. The number of hydrogen-bond donors (Lipinski definition) is 0. The first kappa shape index (κ1) is 17.3. The Balaban J connectivity index is 0.000000963. The Bertz CT molecular complexity index is 548. The fraction of sp³-hybridized carbons (Fsp3) is 0.167. The van der Waals surface area contributed by atoms with Crippen LogP contribution < -0.4 is 24.8 Å². The molecule has 98 valence electrons. The quantitative estimate of drug-likeness (QED) is 0.477. The summed E-state index contributed by atoms with van der Waals surface area (Å²) in [6.45, 7) is 1.41. The van der Waals surface area contributed by atoms with Crippen molar-refractivity contribution in [2.45, 2.75) is 0 Å². The van der Waals surface area contributed by atoms with Gasteiger partial charge in [-0.3, -0.25) is 0 Å². The molecule has 1 aromatic heterocycles. The normalized spacial score (nSPS) is 12.6. The minimum atomic E-state index is 0. The Hall–Kier alpha value is -0.658. The van der Waals surface area contributed by atoms with E-state index in [2.05, 4.69) is 9.98 Å². The van der Waals surface area contributed by atoms with Crippen LogP contribution in [0.25, 0.3) is 10.9 Å². The smallest absolute Gasteiger partial charge is 1.00 e. The van der Waals surface area contributed by atoms with Crippen LogP contribution in [0.3, 0.4) is 0 Å². The molecule has 0 bridgehead atoms. The summed E-state index contributed by atoms with van der Waals surface area (Å²) in [7, 11) is 0. The van der Waals surface area contributed by atoms with E-state index in [9.17, 15) is 0 Å². The van der Waals surface area contributed by atoms with E-state index in [1.807, 2.05) is 36.4 Å². The Morgan fingerprint density at radius 1 is 1.00 bits per heavy atom. The number of benzene rings is 1. The molecule has 0 spiro atoms. The third kappa shape index (κ3) is 3.43. The molecule has 0 saturated carbocycles. The Labute approximate surface area is 132 Å². The molecule has 1 aromatic carbocycles. The zero-order chi connectivity index (χ0) is 10.1. The van der Waals surface area contributed by atoms with Crippen molar-refractivity contribution in [2.24, 2.45) is 4.99 Å². The van der Waals surface area contributed by atoms with Crippen molar-refractivity contribution in [3.05, 3.63) is 42.1 Å². The van der Waals surface area contributed by atoms with E-state index < -0.39 is 0 Å². The number of rotatable bonds is 1. The van der Waals surface area contributed by atoms with Crippen molar-refractivity contribution in [3.8, 4) is 0 Å². The van der Waals surface area contributed by atoms with Gasteiger partial charge in [0.05, 0.1) is 12.1 Å². The minimum Gasteiger partial charge on any atom is -1.00 e. The third-order valence-electron chi connectivity index (χ3n) is 2.40. The molecule has 0 aliphatic carbocycles. The van der Waals surface area contributed by atoms with Gasteiger partial charge in [0.2, 0.25) is 5.90 Å². The summed E-state index contributed by atoms with van der Waals surface area (Å²) in [6, 6.07) is 12.0. The van der Waals surface area contributed by atoms with Crippen molar-refractivity contribution >= 4 is 16.8 Å². The van der Waals surface area contributed by atoms with E-state index in [1.54, 1.807) is 0 Å². The monoisotopic (exact) mass is 374 g/mol. The first-order valence-electron chi connectivity index (χ1n) is 4.97. The number of pyridine rings is 1. The molecule has 2 aromatic rings. The van der Waals surface area contributed by atoms with Crippen LogP contribution in [0.1, 0.15) is 5.69 Å². The Morgan fingerprint density at radius 2 is 1.78 bits per heavy atom. The van der Waals surface area contributed by atoms with Crippen LogP contribution in [0.5, 0.6) is 0 Å². The first-order chi connectivity index (χ1) is 7.43. The van der Waals surface area contributed by atoms with Gasteiger partial charge in [0, 0.05) is 5.39 Å². The fourth-order valence-corrected chi connectivity index (χ4v) is 1.68. The van der Waals surface area contributed by atoms with E-state index in [4.69, 9.17) is 4.74 Å². The summed E-state index contributed by atoms with van der Waals surface area (Å²) in [5.74, 6) is 0.667. The van der Waals surface area contributed by atoms with Gasteiger partial charge in [-0.05, 0) is 12.1 Å². The van der Waals surface area contributed by atoms with Gasteiger partial charge in [0.15, 0.2) is 0 Å². The van der Waals surface area contributed by atoms with Gasteiger partial charge in [-0.1, -0.05) is 24.3 Å².